The van der Waals surface area contributed by atoms with Crippen LogP contribution in [0, 0.1) is 12.8 Å². The van der Waals surface area contributed by atoms with E-state index in [-0.39, 0.29) is 0 Å². The zero-order chi connectivity index (χ0) is 9.97. The quantitative estimate of drug-likeness (QED) is 0.767. The molecule has 0 saturated heterocycles. The van der Waals surface area contributed by atoms with Gasteiger partial charge in [-0.15, -0.1) is 0 Å². The van der Waals surface area contributed by atoms with E-state index in [4.69, 9.17) is 0 Å². The Labute approximate surface area is 86.5 Å². The van der Waals surface area contributed by atoms with Crippen molar-refractivity contribution < 1.29 is 0 Å². The van der Waals surface area contributed by atoms with E-state index in [1.54, 1.807) is 0 Å². The Morgan fingerprint density at radius 1 is 1.36 bits per heavy atom. The number of rotatable bonds is 4. The van der Waals surface area contributed by atoms with Crippen molar-refractivity contribution in [3.05, 3.63) is 35.4 Å². The van der Waals surface area contributed by atoms with Gasteiger partial charge in [0.1, 0.15) is 0 Å². The monoisotopic (exact) mass is 189 g/mol. The average molecular weight is 189 g/mol. The van der Waals surface area contributed by atoms with Crippen LogP contribution in [0.25, 0.3) is 0 Å². The van der Waals surface area contributed by atoms with Gasteiger partial charge in [0.25, 0.3) is 0 Å². The summed E-state index contributed by atoms with van der Waals surface area (Å²) in [5.74, 6) is 0.960. The Morgan fingerprint density at radius 2 is 2.07 bits per heavy atom. The molecule has 0 bridgehead atoms. The molecular formula is C13H19N. The highest BCUT2D eigenvalue weighted by molar-refractivity contribution is 5.28. The van der Waals surface area contributed by atoms with Crippen molar-refractivity contribution in [1.29, 1.82) is 0 Å². The third-order valence-corrected chi connectivity index (χ3v) is 3.06. The van der Waals surface area contributed by atoms with Crippen LogP contribution in [0.2, 0.25) is 0 Å². The van der Waals surface area contributed by atoms with Crippen LogP contribution in [0.15, 0.2) is 24.3 Å². The van der Waals surface area contributed by atoms with Crippen molar-refractivity contribution in [2.45, 2.75) is 32.7 Å². The fraction of sp³-hybridized carbons (Fsp3) is 0.538. The molecule has 1 N–H and O–H groups in total. The molecule has 0 unspecified atom stereocenters. The Balaban J connectivity index is 1.95. The third-order valence-electron chi connectivity index (χ3n) is 3.06. The van der Waals surface area contributed by atoms with Crippen LogP contribution in [-0.2, 0) is 0 Å². The van der Waals surface area contributed by atoms with E-state index in [1.807, 2.05) is 0 Å². The number of aryl methyl sites for hydroxylation is 1. The van der Waals surface area contributed by atoms with E-state index in [0.29, 0.717) is 6.04 Å². The lowest BCUT2D eigenvalue weighted by Gasteiger charge is -2.16. The third kappa shape index (κ3) is 2.36. The highest BCUT2D eigenvalue weighted by atomic mass is 14.9. The summed E-state index contributed by atoms with van der Waals surface area (Å²) in [7, 11) is 0. The maximum absolute atomic E-state index is 3.60. The lowest BCUT2D eigenvalue weighted by atomic mass is 10.0. The first-order valence-corrected chi connectivity index (χ1v) is 5.56. The molecular weight excluding hydrogens is 170 g/mol. The van der Waals surface area contributed by atoms with Gasteiger partial charge in [0, 0.05) is 6.04 Å². The second kappa shape index (κ2) is 4.14. The molecule has 1 aliphatic carbocycles. The number of nitrogens with one attached hydrogen (secondary N) is 1. The van der Waals surface area contributed by atoms with Crippen molar-refractivity contribution in [2.24, 2.45) is 5.92 Å². The molecule has 1 aliphatic rings. The van der Waals surface area contributed by atoms with Gasteiger partial charge in [0.05, 0.1) is 0 Å². The molecule has 0 radical (unpaired) electrons. The van der Waals surface area contributed by atoms with Crippen molar-refractivity contribution in [1.82, 2.24) is 5.32 Å². The van der Waals surface area contributed by atoms with E-state index in [2.05, 4.69) is 43.4 Å². The first-order chi connectivity index (χ1) is 6.77. The van der Waals surface area contributed by atoms with E-state index in [0.717, 1.165) is 5.92 Å². The lowest BCUT2D eigenvalue weighted by Crippen LogP contribution is -2.21. The normalized spacial score (nSPS) is 18.1. The summed E-state index contributed by atoms with van der Waals surface area (Å²) in [6, 6.07) is 9.13. The molecule has 1 heteroatoms. The Hall–Kier alpha value is -0.820. The van der Waals surface area contributed by atoms with Gasteiger partial charge >= 0.3 is 0 Å². The number of hydrogen-bond acceptors (Lipinski definition) is 1. The zero-order valence-corrected chi connectivity index (χ0v) is 9.09. The molecule has 0 aliphatic heterocycles. The van der Waals surface area contributed by atoms with Gasteiger partial charge in [-0.25, -0.2) is 0 Å². The van der Waals surface area contributed by atoms with Crippen molar-refractivity contribution >= 4 is 0 Å². The molecule has 1 aromatic carbocycles. The fourth-order valence-corrected chi connectivity index (χ4v) is 1.85. The van der Waals surface area contributed by atoms with E-state index in [9.17, 15) is 0 Å². The molecule has 0 amide bonds. The molecule has 1 atom stereocenters. The minimum atomic E-state index is 0.497. The Kier molecular flexibility index (Phi) is 2.87. The summed E-state index contributed by atoms with van der Waals surface area (Å²) >= 11 is 0. The van der Waals surface area contributed by atoms with E-state index < -0.39 is 0 Å². The smallest absolute Gasteiger partial charge is 0.0294 e. The second-order valence-corrected chi connectivity index (χ2v) is 4.43. The summed E-state index contributed by atoms with van der Waals surface area (Å²) in [5, 5.41) is 3.60. The summed E-state index contributed by atoms with van der Waals surface area (Å²) < 4.78 is 0. The minimum absolute atomic E-state index is 0.497. The van der Waals surface area contributed by atoms with Crippen molar-refractivity contribution in [3.63, 3.8) is 0 Å². The van der Waals surface area contributed by atoms with Crippen LogP contribution in [0.4, 0.5) is 0 Å². The van der Waals surface area contributed by atoms with Crippen LogP contribution in [0.5, 0.6) is 0 Å². The molecule has 76 valence electrons. The zero-order valence-electron chi connectivity index (χ0n) is 9.09. The van der Waals surface area contributed by atoms with Crippen LogP contribution in [0.3, 0.4) is 0 Å². The van der Waals surface area contributed by atoms with Gasteiger partial charge in [0.15, 0.2) is 0 Å². The molecule has 0 heterocycles. The van der Waals surface area contributed by atoms with Crippen LogP contribution in [0.1, 0.15) is 36.9 Å². The lowest BCUT2D eigenvalue weighted by molar-refractivity contribution is 0.547. The SMILES string of the molecule is Cc1ccccc1[C@@H](C)NCC1CC1. The first-order valence-electron chi connectivity index (χ1n) is 5.56. The van der Waals surface area contributed by atoms with E-state index >= 15 is 0 Å². The largest absolute Gasteiger partial charge is 0.310 e. The summed E-state index contributed by atoms with van der Waals surface area (Å²) in [5.41, 5.74) is 2.83. The predicted octanol–water partition coefficient (Wildman–Crippen LogP) is 3.06. The topological polar surface area (TPSA) is 12.0 Å². The number of benzene rings is 1. The molecule has 2 rings (SSSR count). The van der Waals surface area contributed by atoms with Crippen LogP contribution < -0.4 is 5.32 Å². The highest BCUT2D eigenvalue weighted by Crippen LogP contribution is 2.28. The van der Waals surface area contributed by atoms with Crippen molar-refractivity contribution in [3.8, 4) is 0 Å². The van der Waals surface area contributed by atoms with Crippen LogP contribution in [-0.4, -0.2) is 6.54 Å². The summed E-state index contributed by atoms with van der Waals surface area (Å²) in [6.07, 6.45) is 2.85. The van der Waals surface area contributed by atoms with Gasteiger partial charge < -0.3 is 5.32 Å². The summed E-state index contributed by atoms with van der Waals surface area (Å²) in [6.45, 7) is 5.63. The standard InChI is InChI=1S/C13H19N/c1-10-5-3-4-6-13(10)11(2)14-9-12-7-8-12/h3-6,11-12,14H,7-9H2,1-2H3/t11-/m1/s1. The second-order valence-electron chi connectivity index (χ2n) is 4.43. The molecule has 1 saturated carbocycles. The molecule has 1 fully saturated rings. The Morgan fingerprint density at radius 3 is 2.71 bits per heavy atom. The van der Waals surface area contributed by atoms with Gasteiger partial charge in [0.2, 0.25) is 0 Å². The fourth-order valence-electron chi connectivity index (χ4n) is 1.85. The molecule has 0 spiro atoms. The number of hydrogen-bond donors (Lipinski definition) is 1. The maximum atomic E-state index is 3.60. The first kappa shape index (κ1) is 9.72. The molecule has 0 aromatic heterocycles. The highest BCUT2D eigenvalue weighted by Gasteiger charge is 2.21. The summed E-state index contributed by atoms with van der Waals surface area (Å²) in [4.78, 5) is 0. The van der Waals surface area contributed by atoms with Crippen molar-refractivity contribution in [2.75, 3.05) is 6.54 Å². The van der Waals surface area contributed by atoms with Gasteiger partial charge in [-0.2, -0.15) is 0 Å². The molecule has 1 nitrogen and oxygen atoms in total. The minimum Gasteiger partial charge on any atom is -0.310 e. The van der Waals surface area contributed by atoms with Crippen LogP contribution >= 0.6 is 0 Å². The predicted molar refractivity (Wildman–Crippen MR) is 60.3 cm³/mol. The molecule has 14 heavy (non-hydrogen) atoms. The average Bonchev–Trinajstić information content (AvgIpc) is 2.98. The van der Waals surface area contributed by atoms with E-state index in [1.165, 1.54) is 30.5 Å². The van der Waals surface area contributed by atoms with Gasteiger partial charge in [-0.3, -0.25) is 0 Å². The molecule has 1 aromatic rings. The Bertz CT molecular complexity index is 302. The maximum Gasteiger partial charge on any atom is 0.0294 e. The van der Waals surface area contributed by atoms with Gasteiger partial charge in [-0.1, -0.05) is 24.3 Å². The van der Waals surface area contributed by atoms with Gasteiger partial charge in [-0.05, 0) is 50.3 Å².